The van der Waals surface area contributed by atoms with E-state index in [1.165, 1.54) is 0 Å². The van der Waals surface area contributed by atoms with Gasteiger partial charge >= 0.3 is 0 Å². The van der Waals surface area contributed by atoms with Crippen LogP contribution in [-0.2, 0) is 4.79 Å². The van der Waals surface area contributed by atoms with Gasteiger partial charge in [-0.25, -0.2) is 18.7 Å². The van der Waals surface area contributed by atoms with Crippen molar-refractivity contribution in [3.05, 3.63) is 60.4 Å². The van der Waals surface area contributed by atoms with Crippen LogP contribution in [0.1, 0.15) is 25.1 Å². The van der Waals surface area contributed by atoms with E-state index in [0.29, 0.717) is 17.9 Å². The van der Waals surface area contributed by atoms with Crippen molar-refractivity contribution in [2.75, 3.05) is 30.3 Å². The summed E-state index contributed by atoms with van der Waals surface area (Å²) in [5.41, 5.74) is 1.28. The number of aromatic nitrogens is 2. The summed E-state index contributed by atoms with van der Waals surface area (Å²) in [4.78, 5) is 22.4. The highest BCUT2D eigenvalue weighted by molar-refractivity contribution is 5.92. The fourth-order valence-electron chi connectivity index (χ4n) is 3.66. The third kappa shape index (κ3) is 4.88. The number of piperidine rings is 1. The van der Waals surface area contributed by atoms with Crippen LogP contribution in [0.2, 0.25) is 0 Å². The van der Waals surface area contributed by atoms with E-state index >= 15 is 0 Å². The van der Waals surface area contributed by atoms with Crippen molar-refractivity contribution in [1.82, 2.24) is 14.9 Å². The normalized spacial score (nSPS) is 15.4. The first-order valence-corrected chi connectivity index (χ1v) is 9.97. The third-order valence-corrected chi connectivity index (χ3v) is 5.17. The van der Waals surface area contributed by atoms with Crippen LogP contribution in [0, 0.1) is 0 Å². The number of halogens is 2. The van der Waals surface area contributed by atoms with Gasteiger partial charge in [-0.3, -0.25) is 9.69 Å². The minimum absolute atomic E-state index is 0.0454. The Kier molecular flexibility index (Phi) is 6.13. The van der Waals surface area contributed by atoms with Gasteiger partial charge in [-0.15, -0.1) is 0 Å². The van der Waals surface area contributed by atoms with Crippen LogP contribution in [0.5, 0.6) is 0 Å². The molecule has 1 amide bonds. The molecule has 0 atom stereocenters. The molecule has 4 rings (SSSR count). The topological polar surface area (TPSA) is 70.2 Å². The number of carbonyl (C=O) groups is 1. The molecule has 1 aliphatic heterocycles. The van der Waals surface area contributed by atoms with Gasteiger partial charge in [0.05, 0.1) is 12.1 Å². The number of para-hydroxylation sites is 2. The van der Waals surface area contributed by atoms with E-state index in [9.17, 15) is 13.6 Å². The Hall–Kier alpha value is -3.13. The van der Waals surface area contributed by atoms with Crippen molar-refractivity contribution in [2.45, 2.75) is 25.3 Å². The first kappa shape index (κ1) is 20.2. The summed E-state index contributed by atoms with van der Waals surface area (Å²) in [7, 11) is 0. The summed E-state index contributed by atoms with van der Waals surface area (Å²) in [5.74, 6) is -0.0710. The maximum absolute atomic E-state index is 13.2. The van der Waals surface area contributed by atoms with Crippen molar-refractivity contribution in [3.63, 3.8) is 0 Å². The van der Waals surface area contributed by atoms with Crippen LogP contribution in [0.4, 0.5) is 20.3 Å². The van der Waals surface area contributed by atoms with E-state index in [2.05, 4.69) is 25.5 Å². The van der Waals surface area contributed by atoms with Crippen molar-refractivity contribution in [3.8, 4) is 0 Å². The van der Waals surface area contributed by atoms with Crippen LogP contribution < -0.4 is 10.6 Å². The molecule has 2 N–H and O–H groups in total. The highest BCUT2D eigenvalue weighted by Gasteiger charge is 2.23. The van der Waals surface area contributed by atoms with Crippen molar-refractivity contribution in [2.24, 2.45) is 0 Å². The van der Waals surface area contributed by atoms with Gasteiger partial charge in [0.1, 0.15) is 5.82 Å². The largest absolute Gasteiger partial charge is 0.367 e. The molecule has 30 heavy (non-hydrogen) atoms. The van der Waals surface area contributed by atoms with E-state index in [1.54, 1.807) is 12.1 Å². The quantitative estimate of drug-likeness (QED) is 0.640. The highest BCUT2D eigenvalue weighted by Crippen LogP contribution is 2.26. The lowest BCUT2D eigenvalue weighted by atomic mass is 10.0. The summed E-state index contributed by atoms with van der Waals surface area (Å²) in [6, 6.07) is 16.6. The molecule has 0 spiro atoms. The zero-order valence-corrected chi connectivity index (χ0v) is 16.4. The van der Waals surface area contributed by atoms with Gasteiger partial charge in [-0.2, -0.15) is 0 Å². The van der Waals surface area contributed by atoms with Gasteiger partial charge in [-0.1, -0.05) is 30.3 Å². The van der Waals surface area contributed by atoms with Gasteiger partial charge in [0, 0.05) is 30.2 Å². The Bertz CT molecular complexity index is 1010. The molecule has 6 nitrogen and oxygen atoms in total. The number of fused-ring (bicyclic) bond motifs is 1. The van der Waals surface area contributed by atoms with Crippen molar-refractivity contribution in [1.29, 1.82) is 0 Å². The van der Waals surface area contributed by atoms with Crippen LogP contribution in [0.15, 0.2) is 54.6 Å². The SMILES string of the molecule is O=C(CN1CCC(Nc2nc(C(F)F)nc3ccccc23)CC1)Nc1ccccc1. The molecule has 2 heterocycles. The van der Waals surface area contributed by atoms with Crippen molar-refractivity contribution >= 4 is 28.3 Å². The minimum atomic E-state index is -2.72. The third-order valence-electron chi connectivity index (χ3n) is 5.17. The number of carbonyl (C=O) groups excluding carboxylic acids is 1. The first-order valence-electron chi connectivity index (χ1n) is 9.97. The highest BCUT2D eigenvalue weighted by atomic mass is 19.3. The predicted octanol–water partition coefficient (Wildman–Crippen LogP) is 4.08. The number of anilines is 2. The molecular formula is C22H23F2N5O. The average molecular weight is 411 g/mol. The number of likely N-dealkylation sites (tertiary alicyclic amines) is 1. The Morgan fingerprint density at radius 1 is 1.03 bits per heavy atom. The molecule has 0 radical (unpaired) electrons. The lowest BCUT2D eigenvalue weighted by molar-refractivity contribution is -0.117. The number of amides is 1. The van der Waals surface area contributed by atoms with Crippen LogP contribution in [-0.4, -0.2) is 46.5 Å². The second kappa shape index (κ2) is 9.13. The number of nitrogens with one attached hydrogen (secondary N) is 2. The first-order chi connectivity index (χ1) is 14.6. The fourth-order valence-corrected chi connectivity index (χ4v) is 3.66. The summed E-state index contributed by atoms with van der Waals surface area (Å²) in [6.45, 7) is 1.81. The molecule has 0 unspecified atom stereocenters. The van der Waals surface area contributed by atoms with E-state index in [-0.39, 0.29) is 11.9 Å². The molecule has 0 saturated carbocycles. The molecule has 0 aliphatic carbocycles. The van der Waals surface area contributed by atoms with Crippen molar-refractivity contribution < 1.29 is 13.6 Å². The van der Waals surface area contributed by atoms with E-state index < -0.39 is 12.2 Å². The molecular weight excluding hydrogens is 388 g/mol. The predicted molar refractivity (Wildman–Crippen MR) is 113 cm³/mol. The van der Waals surface area contributed by atoms with E-state index in [4.69, 9.17) is 0 Å². The lowest BCUT2D eigenvalue weighted by Gasteiger charge is -2.32. The van der Waals surface area contributed by atoms with Crippen LogP contribution >= 0.6 is 0 Å². The molecule has 1 aromatic heterocycles. The summed E-state index contributed by atoms with van der Waals surface area (Å²) in [5, 5.41) is 6.94. The van der Waals surface area contributed by atoms with E-state index in [0.717, 1.165) is 37.0 Å². The number of rotatable bonds is 6. The molecule has 2 aromatic carbocycles. The maximum Gasteiger partial charge on any atom is 0.297 e. The molecule has 3 aromatic rings. The van der Waals surface area contributed by atoms with Crippen LogP contribution in [0.3, 0.4) is 0 Å². The van der Waals surface area contributed by atoms with Crippen LogP contribution in [0.25, 0.3) is 10.9 Å². The van der Waals surface area contributed by atoms with Gasteiger partial charge < -0.3 is 10.6 Å². The summed E-state index contributed by atoms with van der Waals surface area (Å²) >= 11 is 0. The maximum atomic E-state index is 13.2. The molecule has 0 bridgehead atoms. The fraction of sp³-hybridized carbons (Fsp3) is 0.318. The Labute approximate surface area is 173 Å². The molecule has 1 saturated heterocycles. The number of nitrogens with zero attached hydrogens (tertiary/aromatic N) is 3. The zero-order chi connectivity index (χ0) is 20.9. The zero-order valence-electron chi connectivity index (χ0n) is 16.4. The molecule has 1 fully saturated rings. The number of hydrogen-bond acceptors (Lipinski definition) is 5. The molecule has 1 aliphatic rings. The monoisotopic (exact) mass is 411 g/mol. The Morgan fingerprint density at radius 3 is 2.47 bits per heavy atom. The molecule has 8 heteroatoms. The second-order valence-electron chi connectivity index (χ2n) is 7.36. The summed E-state index contributed by atoms with van der Waals surface area (Å²) < 4.78 is 26.4. The van der Waals surface area contributed by atoms with Gasteiger partial charge in [0.15, 0.2) is 5.82 Å². The standard InChI is InChI=1S/C22H23F2N5O/c23-20(24)22-27-18-9-5-4-8-17(18)21(28-22)26-16-10-12-29(13-11-16)14-19(30)25-15-6-2-1-3-7-15/h1-9,16,20H,10-14H2,(H,25,30)(H,26,27,28). The van der Waals surface area contributed by atoms with Gasteiger partial charge in [-0.05, 0) is 37.1 Å². The minimum Gasteiger partial charge on any atom is -0.367 e. The lowest BCUT2D eigenvalue weighted by Crippen LogP contribution is -2.42. The second-order valence-corrected chi connectivity index (χ2v) is 7.36. The summed E-state index contributed by atoms with van der Waals surface area (Å²) in [6.07, 6.45) is -1.14. The van der Waals surface area contributed by atoms with E-state index in [1.807, 2.05) is 42.5 Å². The smallest absolute Gasteiger partial charge is 0.297 e. The Balaban J connectivity index is 1.35. The number of hydrogen-bond donors (Lipinski definition) is 2. The average Bonchev–Trinajstić information content (AvgIpc) is 2.75. The number of benzene rings is 2. The number of alkyl halides is 2. The van der Waals surface area contributed by atoms with Gasteiger partial charge in [0.25, 0.3) is 6.43 Å². The molecule has 156 valence electrons. The Morgan fingerprint density at radius 2 is 1.73 bits per heavy atom. The van der Waals surface area contributed by atoms with Gasteiger partial charge in [0.2, 0.25) is 5.91 Å².